The Morgan fingerprint density at radius 3 is 2.03 bits per heavy atom. The number of rotatable bonds is 3. The topological polar surface area (TPSA) is 58.4 Å². The van der Waals surface area contributed by atoms with Gasteiger partial charge in [0.15, 0.2) is 5.69 Å². The Kier molecular flexibility index (Phi) is 5.99. The van der Waals surface area contributed by atoms with Crippen LogP contribution in [-0.2, 0) is 0 Å². The second-order valence-corrected chi connectivity index (χ2v) is 8.18. The largest absolute Gasteiger partial charge is 0.335 e. The highest BCUT2D eigenvalue weighted by atomic mass is 35.5. The summed E-state index contributed by atoms with van der Waals surface area (Å²) in [5, 5.41) is 5.79. The van der Waals surface area contributed by atoms with E-state index in [1.807, 2.05) is 12.1 Å². The molecule has 1 aromatic heterocycles. The summed E-state index contributed by atoms with van der Waals surface area (Å²) in [6.07, 6.45) is 1.72. The zero-order chi connectivity index (χ0) is 21.3. The van der Waals surface area contributed by atoms with Gasteiger partial charge in [-0.2, -0.15) is 5.10 Å². The van der Waals surface area contributed by atoms with Gasteiger partial charge in [0.05, 0.1) is 5.69 Å². The Morgan fingerprint density at radius 1 is 0.767 bits per heavy atom. The van der Waals surface area contributed by atoms with Gasteiger partial charge in [-0.15, -0.1) is 0 Å². The second-order valence-electron chi connectivity index (χ2n) is 6.87. The van der Waals surface area contributed by atoms with Crippen molar-refractivity contribution in [1.29, 1.82) is 0 Å². The molecule has 2 heterocycles. The third-order valence-corrected chi connectivity index (χ3v) is 5.52. The van der Waals surface area contributed by atoms with E-state index in [0.29, 0.717) is 52.5 Å². The van der Waals surface area contributed by atoms with E-state index in [2.05, 4.69) is 5.10 Å². The van der Waals surface area contributed by atoms with Gasteiger partial charge in [-0.05, 0) is 42.5 Å². The average molecular weight is 464 g/mol. The molecule has 2 amide bonds. The number of piperazine rings is 1. The molecule has 0 N–H and O–H groups in total. The van der Waals surface area contributed by atoms with Gasteiger partial charge in [-0.25, -0.2) is 4.68 Å². The molecule has 0 spiro atoms. The lowest BCUT2D eigenvalue weighted by Crippen LogP contribution is -2.50. The van der Waals surface area contributed by atoms with Crippen molar-refractivity contribution >= 4 is 46.6 Å². The van der Waals surface area contributed by atoms with Gasteiger partial charge in [-0.1, -0.05) is 40.9 Å². The molecular formula is C21H17Cl3N4O2. The third kappa shape index (κ3) is 4.46. The first-order valence-electron chi connectivity index (χ1n) is 9.27. The van der Waals surface area contributed by atoms with Crippen molar-refractivity contribution in [2.45, 2.75) is 0 Å². The number of halogens is 3. The van der Waals surface area contributed by atoms with E-state index in [1.165, 1.54) is 0 Å². The quantitative estimate of drug-likeness (QED) is 0.577. The predicted octanol–water partition coefficient (Wildman–Crippen LogP) is 4.43. The highest BCUT2D eigenvalue weighted by Crippen LogP contribution is 2.21. The summed E-state index contributed by atoms with van der Waals surface area (Å²) < 4.78 is 1.61. The predicted molar refractivity (Wildman–Crippen MR) is 117 cm³/mol. The summed E-state index contributed by atoms with van der Waals surface area (Å²) in [5.74, 6) is -0.328. The number of hydrogen-bond donors (Lipinski definition) is 0. The van der Waals surface area contributed by atoms with Crippen molar-refractivity contribution in [3.05, 3.63) is 81.1 Å². The van der Waals surface area contributed by atoms with Crippen LogP contribution in [0.3, 0.4) is 0 Å². The Balaban J connectivity index is 1.40. The van der Waals surface area contributed by atoms with Crippen molar-refractivity contribution in [3.63, 3.8) is 0 Å². The summed E-state index contributed by atoms with van der Waals surface area (Å²) in [5.41, 5.74) is 1.56. The Hall–Kier alpha value is -2.54. The lowest BCUT2D eigenvalue weighted by molar-refractivity contribution is 0.0532. The van der Waals surface area contributed by atoms with Crippen LogP contribution in [0.1, 0.15) is 20.8 Å². The fraction of sp³-hybridized carbons (Fsp3) is 0.190. The lowest BCUT2D eigenvalue weighted by atomic mass is 10.1. The number of benzene rings is 2. The fourth-order valence-electron chi connectivity index (χ4n) is 3.33. The molecular weight excluding hydrogens is 447 g/mol. The van der Waals surface area contributed by atoms with Crippen LogP contribution in [-0.4, -0.2) is 57.6 Å². The van der Waals surface area contributed by atoms with Crippen molar-refractivity contribution in [2.75, 3.05) is 26.2 Å². The average Bonchev–Trinajstić information content (AvgIpc) is 3.22. The maximum absolute atomic E-state index is 12.8. The molecule has 30 heavy (non-hydrogen) atoms. The normalized spacial score (nSPS) is 14.1. The van der Waals surface area contributed by atoms with E-state index in [4.69, 9.17) is 34.8 Å². The molecule has 3 aromatic rings. The van der Waals surface area contributed by atoms with Crippen LogP contribution in [0, 0.1) is 0 Å². The number of carbonyl (C=O) groups is 2. The van der Waals surface area contributed by atoms with Crippen LogP contribution in [0.4, 0.5) is 0 Å². The van der Waals surface area contributed by atoms with E-state index in [1.54, 1.807) is 57.1 Å². The minimum atomic E-state index is -0.173. The standard InChI is InChI=1S/C21H17Cl3N4O2/c22-15-2-1-3-18(13-15)28-5-4-19(25-28)21(30)27-8-6-26(7-9-27)20(29)14-10-16(23)12-17(24)11-14/h1-5,10-13H,6-9H2. The zero-order valence-electron chi connectivity index (χ0n) is 15.8. The smallest absolute Gasteiger partial charge is 0.274 e. The van der Waals surface area contributed by atoms with Gasteiger partial charge in [0.25, 0.3) is 11.8 Å². The summed E-state index contributed by atoms with van der Waals surface area (Å²) >= 11 is 18.0. The van der Waals surface area contributed by atoms with Crippen molar-refractivity contribution < 1.29 is 9.59 Å². The monoisotopic (exact) mass is 462 g/mol. The molecule has 1 aliphatic heterocycles. The zero-order valence-corrected chi connectivity index (χ0v) is 18.0. The number of hydrogen-bond acceptors (Lipinski definition) is 3. The van der Waals surface area contributed by atoms with Crippen LogP contribution in [0.15, 0.2) is 54.7 Å². The first-order valence-corrected chi connectivity index (χ1v) is 10.4. The highest BCUT2D eigenvalue weighted by molar-refractivity contribution is 6.35. The van der Waals surface area contributed by atoms with Crippen LogP contribution in [0.25, 0.3) is 5.69 Å². The fourth-order valence-corrected chi connectivity index (χ4v) is 4.05. The summed E-state index contributed by atoms with van der Waals surface area (Å²) in [4.78, 5) is 28.9. The molecule has 6 nitrogen and oxygen atoms in total. The molecule has 9 heteroatoms. The van der Waals surface area contributed by atoms with Gasteiger partial charge >= 0.3 is 0 Å². The molecule has 1 fully saturated rings. The molecule has 0 aliphatic carbocycles. The van der Waals surface area contributed by atoms with Crippen LogP contribution in [0.5, 0.6) is 0 Å². The van der Waals surface area contributed by atoms with Crippen LogP contribution >= 0.6 is 34.8 Å². The number of aromatic nitrogens is 2. The molecule has 0 radical (unpaired) electrons. The first kappa shape index (κ1) is 20.7. The molecule has 154 valence electrons. The molecule has 0 bridgehead atoms. The van der Waals surface area contributed by atoms with Gasteiger partial charge in [0.1, 0.15) is 0 Å². The van der Waals surface area contributed by atoms with Crippen LogP contribution < -0.4 is 0 Å². The number of amides is 2. The minimum absolute atomic E-state index is 0.156. The van der Waals surface area contributed by atoms with E-state index >= 15 is 0 Å². The molecule has 0 saturated carbocycles. The first-order chi connectivity index (χ1) is 14.4. The Labute approximate surface area is 188 Å². The third-order valence-electron chi connectivity index (χ3n) is 4.84. The van der Waals surface area contributed by atoms with Gasteiger partial charge in [-0.3, -0.25) is 9.59 Å². The Bertz CT molecular complexity index is 1090. The van der Waals surface area contributed by atoms with Crippen molar-refractivity contribution in [3.8, 4) is 5.69 Å². The lowest BCUT2D eigenvalue weighted by Gasteiger charge is -2.34. The van der Waals surface area contributed by atoms with Gasteiger partial charge < -0.3 is 9.80 Å². The molecule has 0 atom stereocenters. The van der Waals surface area contributed by atoms with E-state index < -0.39 is 0 Å². The summed E-state index contributed by atoms with van der Waals surface area (Å²) in [7, 11) is 0. The maximum Gasteiger partial charge on any atom is 0.274 e. The molecule has 1 aliphatic rings. The SMILES string of the molecule is O=C(c1cc(Cl)cc(Cl)c1)N1CCN(C(=O)c2ccn(-c3cccc(Cl)c3)n2)CC1. The van der Waals surface area contributed by atoms with E-state index in [-0.39, 0.29) is 11.8 Å². The number of carbonyl (C=O) groups excluding carboxylic acids is 2. The maximum atomic E-state index is 12.8. The number of nitrogens with zero attached hydrogens (tertiary/aromatic N) is 4. The highest BCUT2D eigenvalue weighted by Gasteiger charge is 2.27. The van der Waals surface area contributed by atoms with Crippen molar-refractivity contribution in [2.24, 2.45) is 0 Å². The van der Waals surface area contributed by atoms with Gasteiger partial charge in [0, 0.05) is 53.0 Å². The molecule has 0 unspecified atom stereocenters. The molecule has 1 saturated heterocycles. The molecule has 2 aromatic carbocycles. The van der Waals surface area contributed by atoms with E-state index in [9.17, 15) is 9.59 Å². The van der Waals surface area contributed by atoms with Crippen LogP contribution in [0.2, 0.25) is 15.1 Å². The second kappa shape index (κ2) is 8.68. The van der Waals surface area contributed by atoms with E-state index in [0.717, 1.165) is 5.69 Å². The summed E-state index contributed by atoms with van der Waals surface area (Å²) in [6.45, 7) is 1.68. The van der Waals surface area contributed by atoms with Gasteiger partial charge in [0.2, 0.25) is 0 Å². The Morgan fingerprint density at radius 2 is 1.40 bits per heavy atom. The molecule has 4 rings (SSSR count). The van der Waals surface area contributed by atoms with Crippen molar-refractivity contribution in [1.82, 2.24) is 19.6 Å². The minimum Gasteiger partial charge on any atom is -0.335 e. The summed E-state index contributed by atoms with van der Waals surface area (Å²) in [6, 6.07) is 13.7.